The number of rotatable bonds is 6. The number of nitrogens with one attached hydrogen (secondary N) is 1. The van der Waals surface area contributed by atoms with Gasteiger partial charge >= 0.3 is 0 Å². The van der Waals surface area contributed by atoms with Crippen LogP contribution in [-0.4, -0.2) is 86.8 Å². The number of amides is 2. The van der Waals surface area contributed by atoms with Crippen molar-refractivity contribution >= 4 is 27.5 Å². The number of hydrogen-bond donors (Lipinski definition) is 2. The van der Waals surface area contributed by atoms with E-state index in [1.54, 1.807) is 12.1 Å². The predicted octanol–water partition coefficient (Wildman–Crippen LogP) is 0.783. The molecular formula is C22H35N5O4S. The van der Waals surface area contributed by atoms with Gasteiger partial charge < -0.3 is 10.2 Å². The smallest absolute Gasteiger partial charge is 0.241 e. The summed E-state index contributed by atoms with van der Waals surface area (Å²) in [6, 6.07) is 5.53. The maximum atomic E-state index is 12.7. The van der Waals surface area contributed by atoms with Gasteiger partial charge in [0.25, 0.3) is 0 Å². The van der Waals surface area contributed by atoms with Gasteiger partial charge in [-0.05, 0) is 43.4 Å². The summed E-state index contributed by atoms with van der Waals surface area (Å²) in [7, 11) is -3.83. The minimum absolute atomic E-state index is 0.0428. The van der Waals surface area contributed by atoms with Crippen LogP contribution in [0, 0.1) is 11.8 Å². The van der Waals surface area contributed by atoms with Crippen molar-refractivity contribution in [1.82, 2.24) is 14.7 Å². The van der Waals surface area contributed by atoms with Crippen LogP contribution in [0.5, 0.6) is 0 Å². The van der Waals surface area contributed by atoms with E-state index in [4.69, 9.17) is 5.14 Å². The number of piperidine rings is 1. The first-order valence-electron chi connectivity index (χ1n) is 11.2. The van der Waals surface area contributed by atoms with Gasteiger partial charge in [-0.2, -0.15) is 0 Å². The average Bonchev–Trinajstić information content (AvgIpc) is 2.72. The predicted molar refractivity (Wildman–Crippen MR) is 123 cm³/mol. The second-order valence-corrected chi connectivity index (χ2v) is 10.9. The van der Waals surface area contributed by atoms with Gasteiger partial charge in [-0.1, -0.05) is 19.9 Å². The molecule has 0 bridgehead atoms. The lowest BCUT2D eigenvalue weighted by atomic mass is 9.92. The molecule has 2 aliphatic rings. The number of hydrogen-bond acceptors (Lipinski definition) is 6. The van der Waals surface area contributed by atoms with Crippen LogP contribution in [0.3, 0.4) is 0 Å². The molecule has 1 aromatic rings. The van der Waals surface area contributed by atoms with E-state index in [0.717, 1.165) is 26.2 Å². The van der Waals surface area contributed by atoms with Crippen molar-refractivity contribution < 1.29 is 18.0 Å². The van der Waals surface area contributed by atoms with Crippen LogP contribution in [0.2, 0.25) is 0 Å². The van der Waals surface area contributed by atoms with Gasteiger partial charge in [0.05, 0.1) is 17.5 Å². The van der Waals surface area contributed by atoms with Crippen LogP contribution in [0.4, 0.5) is 5.69 Å². The molecule has 2 aliphatic heterocycles. The Hall–Kier alpha value is -2.01. The summed E-state index contributed by atoms with van der Waals surface area (Å²) in [5, 5.41) is 7.93. The maximum absolute atomic E-state index is 12.7. The number of sulfonamides is 1. The molecule has 1 aromatic carbocycles. The highest BCUT2D eigenvalue weighted by Crippen LogP contribution is 2.21. The molecule has 178 valence electrons. The first-order valence-corrected chi connectivity index (χ1v) is 12.8. The van der Waals surface area contributed by atoms with Crippen LogP contribution in [0.25, 0.3) is 0 Å². The van der Waals surface area contributed by atoms with Gasteiger partial charge in [0.1, 0.15) is 0 Å². The molecule has 0 aliphatic carbocycles. The fourth-order valence-electron chi connectivity index (χ4n) is 4.63. The third-order valence-electron chi connectivity index (χ3n) is 6.34. The van der Waals surface area contributed by atoms with Crippen molar-refractivity contribution in [2.75, 3.05) is 51.1 Å². The van der Waals surface area contributed by atoms with Gasteiger partial charge in [0.15, 0.2) is 0 Å². The average molecular weight is 466 g/mol. The fraction of sp³-hybridized carbons (Fsp3) is 0.636. The normalized spacial score (nSPS) is 24.2. The number of nitrogens with zero attached hydrogens (tertiary/aromatic N) is 3. The monoisotopic (exact) mass is 465 g/mol. The Morgan fingerprint density at radius 2 is 1.75 bits per heavy atom. The number of piperazine rings is 1. The third kappa shape index (κ3) is 6.50. The summed E-state index contributed by atoms with van der Waals surface area (Å²) in [5.74, 6) is 1.07. The topological polar surface area (TPSA) is 116 Å². The molecule has 2 heterocycles. The summed E-state index contributed by atoms with van der Waals surface area (Å²) in [6.07, 6.45) is 1.18. The van der Waals surface area contributed by atoms with Gasteiger partial charge in [-0.25, -0.2) is 13.6 Å². The Bertz CT molecular complexity index is 920. The number of likely N-dealkylation sites (tertiary alicyclic amines) is 1. The summed E-state index contributed by atoms with van der Waals surface area (Å²) < 4.78 is 23.0. The molecule has 2 amide bonds. The van der Waals surface area contributed by atoms with E-state index in [1.807, 2.05) is 11.8 Å². The lowest BCUT2D eigenvalue weighted by Crippen LogP contribution is -2.55. The molecule has 3 N–H and O–H groups in total. The van der Waals surface area contributed by atoms with Crippen LogP contribution >= 0.6 is 0 Å². The number of primary sulfonamides is 1. The fourth-order valence-corrected chi connectivity index (χ4v) is 5.19. The van der Waals surface area contributed by atoms with E-state index in [2.05, 4.69) is 29.0 Å². The number of anilines is 1. The largest absolute Gasteiger partial charge is 0.341 e. The Kier molecular flexibility index (Phi) is 7.92. The lowest BCUT2D eigenvalue weighted by molar-refractivity contribution is -0.136. The van der Waals surface area contributed by atoms with E-state index in [-0.39, 0.29) is 22.8 Å². The molecule has 3 unspecified atom stereocenters. The van der Waals surface area contributed by atoms with Crippen LogP contribution < -0.4 is 10.5 Å². The Morgan fingerprint density at radius 1 is 1.12 bits per heavy atom. The quantitative estimate of drug-likeness (QED) is 0.642. The zero-order valence-corrected chi connectivity index (χ0v) is 20.0. The standard InChI is InChI=1S/C22H35N5O4S/c1-16-11-17(2)14-27(13-16)21(28)15-25-7-9-26(10-8-25)18(3)22(29)24-19-5-4-6-20(12-19)32(23,30)31/h4-6,12,16-18H,7-11,13-15H2,1-3H3,(H,24,29)(H2,23,30,31). The summed E-state index contributed by atoms with van der Waals surface area (Å²) >= 11 is 0. The molecule has 32 heavy (non-hydrogen) atoms. The second kappa shape index (κ2) is 10.3. The van der Waals surface area contributed by atoms with Crippen molar-refractivity contribution in [2.24, 2.45) is 17.0 Å². The van der Waals surface area contributed by atoms with Crippen molar-refractivity contribution in [1.29, 1.82) is 0 Å². The number of nitrogens with two attached hydrogens (primary N) is 1. The van der Waals surface area contributed by atoms with E-state index < -0.39 is 10.0 Å². The van der Waals surface area contributed by atoms with E-state index in [0.29, 0.717) is 37.2 Å². The molecule has 2 saturated heterocycles. The first-order chi connectivity index (χ1) is 15.0. The molecule has 10 heteroatoms. The number of benzene rings is 1. The second-order valence-electron chi connectivity index (χ2n) is 9.29. The number of carbonyl (C=O) groups is 2. The molecule has 9 nitrogen and oxygen atoms in total. The highest BCUT2D eigenvalue weighted by atomic mass is 32.2. The molecule has 0 saturated carbocycles. The third-order valence-corrected chi connectivity index (χ3v) is 7.26. The van der Waals surface area contributed by atoms with Gasteiger partial charge in [0, 0.05) is 45.0 Å². The van der Waals surface area contributed by atoms with Crippen molar-refractivity contribution in [2.45, 2.75) is 38.1 Å². The minimum atomic E-state index is -3.83. The van der Waals surface area contributed by atoms with Crippen molar-refractivity contribution in [3.05, 3.63) is 24.3 Å². The Labute approximate surface area is 191 Å². The van der Waals surface area contributed by atoms with Gasteiger partial charge in [0.2, 0.25) is 21.8 Å². The molecule has 3 rings (SSSR count). The zero-order chi connectivity index (χ0) is 23.5. The molecule has 2 fully saturated rings. The summed E-state index contributed by atoms with van der Waals surface area (Å²) in [5.41, 5.74) is 0.391. The lowest BCUT2D eigenvalue weighted by Gasteiger charge is -2.39. The van der Waals surface area contributed by atoms with E-state index in [9.17, 15) is 18.0 Å². The molecule has 0 radical (unpaired) electrons. The maximum Gasteiger partial charge on any atom is 0.241 e. The van der Waals surface area contributed by atoms with Crippen LogP contribution in [0.15, 0.2) is 29.2 Å². The van der Waals surface area contributed by atoms with Gasteiger partial charge in [-0.3, -0.25) is 19.4 Å². The zero-order valence-electron chi connectivity index (χ0n) is 19.2. The van der Waals surface area contributed by atoms with Crippen molar-refractivity contribution in [3.63, 3.8) is 0 Å². The SMILES string of the molecule is CC1CC(C)CN(C(=O)CN2CCN(C(C)C(=O)Nc3cccc(S(N)(=O)=O)c3)CC2)C1. The Balaban J connectivity index is 1.48. The highest BCUT2D eigenvalue weighted by Gasteiger charge is 2.29. The van der Waals surface area contributed by atoms with Crippen LogP contribution in [-0.2, 0) is 19.6 Å². The van der Waals surface area contributed by atoms with E-state index in [1.165, 1.54) is 18.6 Å². The van der Waals surface area contributed by atoms with Gasteiger partial charge in [-0.15, -0.1) is 0 Å². The summed E-state index contributed by atoms with van der Waals surface area (Å²) in [4.78, 5) is 31.6. The highest BCUT2D eigenvalue weighted by molar-refractivity contribution is 7.89. The van der Waals surface area contributed by atoms with Crippen molar-refractivity contribution in [3.8, 4) is 0 Å². The molecule has 0 spiro atoms. The molecule has 0 aromatic heterocycles. The Morgan fingerprint density at radius 3 is 2.34 bits per heavy atom. The summed E-state index contributed by atoms with van der Waals surface area (Å²) in [6.45, 7) is 11.2. The molecule has 3 atom stereocenters. The first kappa shape index (κ1) is 24.6. The minimum Gasteiger partial charge on any atom is -0.341 e. The van der Waals surface area contributed by atoms with E-state index >= 15 is 0 Å². The van der Waals surface area contributed by atoms with Crippen LogP contribution in [0.1, 0.15) is 27.2 Å². The molecular weight excluding hydrogens is 430 g/mol. The number of carbonyl (C=O) groups excluding carboxylic acids is 2.